The fourth-order valence-electron chi connectivity index (χ4n) is 1.50. The molecule has 1 atom stereocenters. The van der Waals surface area contributed by atoms with Crippen molar-refractivity contribution in [2.75, 3.05) is 14.2 Å². The Kier molecular flexibility index (Phi) is 4.41. The van der Waals surface area contributed by atoms with Crippen LogP contribution in [-0.4, -0.2) is 25.5 Å². The minimum atomic E-state index is -5.34. The molecule has 4 nitrogen and oxygen atoms in total. The second-order valence-corrected chi connectivity index (χ2v) is 5.91. The second kappa shape index (κ2) is 5.20. The highest BCUT2D eigenvalue weighted by atomic mass is 31.2. The normalized spacial score (nSPS) is 16.2. The van der Waals surface area contributed by atoms with Gasteiger partial charge in [0.25, 0.3) is 5.34 Å². The Labute approximate surface area is 106 Å². The number of hydrogen-bond donors (Lipinski definition) is 1. The number of halogens is 4. The van der Waals surface area contributed by atoms with Crippen LogP contribution < -0.4 is 0 Å². The summed E-state index contributed by atoms with van der Waals surface area (Å²) in [6, 6.07) is 2.71. The molecule has 108 valence electrons. The second-order valence-electron chi connectivity index (χ2n) is 3.54. The van der Waals surface area contributed by atoms with Gasteiger partial charge in [0.2, 0.25) is 0 Å². The average Bonchev–Trinajstić information content (AvgIpc) is 2.36. The maximum absolute atomic E-state index is 13.1. The smallest absolute Gasteiger partial charge is 0.366 e. The molecule has 1 aromatic carbocycles. The van der Waals surface area contributed by atoms with Crippen molar-refractivity contribution in [1.82, 2.24) is 0 Å². The predicted molar refractivity (Wildman–Crippen MR) is 58.0 cm³/mol. The van der Waals surface area contributed by atoms with Gasteiger partial charge in [-0.2, -0.15) is 13.2 Å². The third kappa shape index (κ3) is 2.53. The molecule has 9 heteroatoms. The Morgan fingerprint density at radius 2 is 1.53 bits per heavy atom. The Bertz CT molecular complexity index is 479. The van der Waals surface area contributed by atoms with Crippen LogP contribution >= 0.6 is 7.60 Å². The molecule has 0 radical (unpaired) electrons. The summed E-state index contributed by atoms with van der Waals surface area (Å²) in [6.45, 7) is 0. The van der Waals surface area contributed by atoms with Gasteiger partial charge in [0.05, 0.1) is 0 Å². The van der Waals surface area contributed by atoms with Crippen LogP contribution in [0.2, 0.25) is 0 Å². The summed E-state index contributed by atoms with van der Waals surface area (Å²) in [4.78, 5) is 0. The highest BCUT2D eigenvalue weighted by molar-refractivity contribution is 7.55. The van der Waals surface area contributed by atoms with Crippen LogP contribution in [0.25, 0.3) is 0 Å². The largest absolute Gasteiger partial charge is 0.433 e. The molecule has 0 saturated carbocycles. The molecule has 1 N–H and O–H groups in total. The lowest BCUT2D eigenvalue weighted by Gasteiger charge is -2.34. The Balaban J connectivity index is 3.54. The summed E-state index contributed by atoms with van der Waals surface area (Å²) in [7, 11) is -3.53. The molecule has 1 rings (SSSR count). The quantitative estimate of drug-likeness (QED) is 0.686. The summed E-state index contributed by atoms with van der Waals surface area (Å²) in [5, 5.41) is 5.99. The zero-order chi connectivity index (χ0) is 14.9. The number of hydrogen-bond acceptors (Lipinski definition) is 4. The van der Waals surface area contributed by atoms with Crippen LogP contribution in [0.1, 0.15) is 5.56 Å². The fourth-order valence-corrected chi connectivity index (χ4v) is 2.95. The van der Waals surface area contributed by atoms with Gasteiger partial charge in [-0.05, 0) is 12.1 Å². The molecule has 1 unspecified atom stereocenters. The van der Waals surface area contributed by atoms with Gasteiger partial charge >= 0.3 is 13.8 Å². The molecule has 0 fully saturated rings. The molecular formula is C10H11F4O4P. The van der Waals surface area contributed by atoms with E-state index in [0.717, 1.165) is 0 Å². The van der Waals surface area contributed by atoms with Gasteiger partial charge in [-0.1, -0.05) is 12.1 Å². The maximum atomic E-state index is 13.1. The van der Waals surface area contributed by atoms with Gasteiger partial charge in [0.1, 0.15) is 5.82 Å². The van der Waals surface area contributed by atoms with Crippen molar-refractivity contribution < 1.29 is 36.3 Å². The maximum Gasteiger partial charge on any atom is 0.433 e. The lowest BCUT2D eigenvalue weighted by atomic mass is 10.1. The van der Waals surface area contributed by atoms with Gasteiger partial charge in [-0.3, -0.25) is 4.57 Å². The van der Waals surface area contributed by atoms with Crippen molar-refractivity contribution in [3.8, 4) is 0 Å². The molecule has 0 bridgehead atoms. The van der Waals surface area contributed by atoms with Gasteiger partial charge < -0.3 is 14.2 Å². The molecule has 0 heterocycles. The average molecular weight is 302 g/mol. The van der Waals surface area contributed by atoms with E-state index in [0.29, 0.717) is 38.5 Å². The van der Waals surface area contributed by atoms with Crippen molar-refractivity contribution in [2.24, 2.45) is 0 Å². The fraction of sp³-hybridized carbons (Fsp3) is 0.400. The lowest BCUT2D eigenvalue weighted by Crippen LogP contribution is -2.42. The zero-order valence-corrected chi connectivity index (χ0v) is 10.8. The van der Waals surface area contributed by atoms with Crippen LogP contribution in [0.3, 0.4) is 0 Å². The van der Waals surface area contributed by atoms with E-state index in [1.54, 1.807) is 0 Å². The molecule has 0 aliphatic heterocycles. The van der Waals surface area contributed by atoms with Crippen molar-refractivity contribution >= 4 is 7.60 Å². The predicted octanol–water partition coefficient (Wildman–Crippen LogP) is 3.02. The van der Waals surface area contributed by atoms with Crippen LogP contribution in [-0.2, 0) is 19.0 Å². The van der Waals surface area contributed by atoms with E-state index in [1.165, 1.54) is 0 Å². The van der Waals surface area contributed by atoms with Crippen molar-refractivity contribution in [1.29, 1.82) is 0 Å². The van der Waals surface area contributed by atoms with Gasteiger partial charge in [-0.25, -0.2) is 4.39 Å². The summed E-state index contributed by atoms with van der Waals surface area (Å²) in [6.07, 6.45) is -5.34. The lowest BCUT2D eigenvalue weighted by molar-refractivity contribution is -0.236. The van der Waals surface area contributed by atoms with Crippen LogP contribution in [0.4, 0.5) is 17.6 Å². The molecule has 19 heavy (non-hydrogen) atoms. The first-order valence-electron chi connectivity index (χ1n) is 4.89. The summed E-state index contributed by atoms with van der Waals surface area (Å²) in [5.74, 6) is -0.807. The summed E-state index contributed by atoms with van der Waals surface area (Å²) in [5.41, 5.74) is -0.839. The van der Waals surface area contributed by atoms with Crippen LogP contribution in [0, 0.1) is 5.82 Å². The van der Waals surface area contributed by atoms with E-state index in [1.807, 2.05) is 0 Å². The minimum absolute atomic E-state index is 0.660. The summed E-state index contributed by atoms with van der Waals surface area (Å²) >= 11 is 0. The topological polar surface area (TPSA) is 55.8 Å². The zero-order valence-electron chi connectivity index (χ0n) is 9.94. The molecule has 0 amide bonds. The molecule has 1 aromatic rings. The molecule has 0 aromatic heterocycles. The Hall–Kier alpha value is -0.950. The van der Waals surface area contributed by atoms with Crippen molar-refractivity contribution in [2.45, 2.75) is 11.5 Å². The third-order valence-electron chi connectivity index (χ3n) is 2.52. The third-order valence-corrected chi connectivity index (χ3v) is 4.78. The first-order chi connectivity index (χ1) is 8.62. The number of rotatable bonds is 4. The van der Waals surface area contributed by atoms with E-state index < -0.39 is 30.5 Å². The van der Waals surface area contributed by atoms with E-state index >= 15 is 0 Å². The number of aliphatic hydroxyl groups is 1. The van der Waals surface area contributed by atoms with Crippen LogP contribution in [0.15, 0.2) is 24.3 Å². The molecule has 0 aliphatic carbocycles. The molecule has 0 spiro atoms. The Morgan fingerprint density at radius 1 is 1.11 bits per heavy atom. The highest BCUT2D eigenvalue weighted by Crippen LogP contribution is 2.68. The van der Waals surface area contributed by atoms with Gasteiger partial charge in [0.15, 0.2) is 0 Å². The van der Waals surface area contributed by atoms with E-state index in [-0.39, 0.29) is 0 Å². The SMILES string of the molecule is COP(=O)(OC)C(O)(c1ccc(F)cc1)C(F)(F)F. The van der Waals surface area contributed by atoms with Crippen LogP contribution in [0.5, 0.6) is 0 Å². The monoisotopic (exact) mass is 302 g/mol. The van der Waals surface area contributed by atoms with E-state index in [2.05, 4.69) is 9.05 Å². The Morgan fingerprint density at radius 3 is 1.84 bits per heavy atom. The minimum Gasteiger partial charge on any atom is -0.366 e. The number of benzene rings is 1. The highest BCUT2D eigenvalue weighted by Gasteiger charge is 2.68. The summed E-state index contributed by atoms with van der Waals surface area (Å²) < 4.78 is 72.5. The van der Waals surface area contributed by atoms with E-state index in [9.17, 15) is 27.2 Å². The molecule has 0 aliphatic rings. The standard InChI is InChI=1S/C10H11F4O4P/c1-17-19(16,18-2)9(15,10(12,13)14)7-3-5-8(11)6-4-7/h3-6,15H,1-2H3. The molecule has 0 saturated heterocycles. The van der Waals surface area contributed by atoms with Gasteiger partial charge in [-0.15, -0.1) is 0 Å². The number of alkyl halides is 3. The van der Waals surface area contributed by atoms with Crippen molar-refractivity contribution in [3.63, 3.8) is 0 Å². The van der Waals surface area contributed by atoms with E-state index in [4.69, 9.17) is 0 Å². The van der Waals surface area contributed by atoms with Gasteiger partial charge in [0, 0.05) is 19.8 Å². The molecular weight excluding hydrogens is 291 g/mol. The first kappa shape index (κ1) is 16.1. The first-order valence-corrected chi connectivity index (χ1v) is 6.43. The van der Waals surface area contributed by atoms with Crippen molar-refractivity contribution in [3.05, 3.63) is 35.6 Å².